The number of unbranched alkanes of at least 4 members (excludes halogenated alkanes) is 1. The zero-order chi connectivity index (χ0) is 95.1. The lowest BCUT2D eigenvalue weighted by Crippen LogP contribution is -2.61. The molecule has 8 aromatic rings. The first kappa shape index (κ1) is 100. The number of methoxy groups -OCH3 is 3. The number of aryl methyl sites for hydroxylation is 2. The summed E-state index contributed by atoms with van der Waals surface area (Å²) in [6.07, 6.45) is 22.3. The van der Waals surface area contributed by atoms with E-state index in [1.165, 1.54) is 18.3 Å². The number of benzene rings is 2. The number of anilines is 3. The molecule has 0 unspecified atom stereocenters. The number of piperazine rings is 1. The maximum atomic E-state index is 15.0. The summed E-state index contributed by atoms with van der Waals surface area (Å²) in [6.45, 7) is 18.5. The third-order valence-corrected chi connectivity index (χ3v) is 26.6. The number of ketones is 3. The van der Waals surface area contributed by atoms with Crippen LogP contribution in [0, 0.1) is 35.5 Å². The van der Waals surface area contributed by atoms with E-state index < -0.39 is 83.7 Å². The normalized spacial score (nSPS) is 26.4. The third kappa shape index (κ3) is 25.6. The zero-order valence-corrected chi connectivity index (χ0v) is 78.6. The van der Waals surface area contributed by atoms with Crippen LogP contribution in [-0.4, -0.2) is 274 Å². The molecular weight excluding hydrogens is 1720 g/mol. The molecule has 15 atom stereocenters. The van der Waals surface area contributed by atoms with Crippen molar-refractivity contribution < 1.29 is 86.1 Å². The Bertz CT molecular complexity index is 5430. The highest BCUT2D eigenvalue weighted by Gasteiger charge is 2.53. The Kier molecular flexibility index (Phi) is 35.7. The number of nitrogens with zero attached hydrogens (tertiary/aromatic N) is 16. The molecule has 134 heavy (non-hydrogen) atoms. The monoisotopic (exact) mass is 1850 g/mol. The number of ether oxygens (including phenoxy) is 8. The Morgan fingerprint density at radius 3 is 2.28 bits per heavy atom. The van der Waals surface area contributed by atoms with Gasteiger partial charge in [-0.05, 0) is 150 Å². The molecule has 10 heterocycles. The molecule has 722 valence electrons. The first-order valence-corrected chi connectivity index (χ1v) is 47.1. The number of aliphatic hydroxyl groups is 2. The second kappa shape index (κ2) is 47.8. The molecule has 4 fully saturated rings. The largest absolute Gasteiger partial charge is 0.460 e. The molecule has 0 spiro atoms. The van der Waals surface area contributed by atoms with E-state index in [4.69, 9.17) is 68.8 Å². The van der Waals surface area contributed by atoms with Crippen LogP contribution in [0.2, 0.25) is 0 Å². The minimum absolute atomic E-state index is 0.0196. The van der Waals surface area contributed by atoms with E-state index in [1.807, 2.05) is 104 Å². The lowest BCUT2D eigenvalue weighted by atomic mass is 9.77. The summed E-state index contributed by atoms with van der Waals surface area (Å²) in [7, 11) is 4.63. The van der Waals surface area contributed by atoms with Gasteiger partial charge < -0.3 is 84.0 Å². The molecular formula is C97H131N19O18. The highest BCUT2D eigenvalue weighted by molar-refractivity contribution is 6.39. The molecule has 37 nitrogen and oxygen atoms in total. The molecule has 1 aliphatic carbocycles. The standard InChI is InChI=1S/C97H131N19O18/c1-60-19-12-11-13-20-61(2)80(126-8)53-73-28-24-66(7)97(125,134-73)90(122)93(123)114-34-16-14-23-76(114)94(124)132-81(54-78(117)62(3)48-65(6)88(121)89(128-10)87(120)64(5)47-60)63(4)49-67-25-29-75(82(50-67)127-9)116-77(57-105-109-116)69-22-18-21-68(51-69)71-55-101-96(102-56-71)112-38-36-111(37-39-112)84(119)31-27-72-58-113(110-107-72)40-42-130-44-46-131-45-43-129-41-32-83(118)100-33-15-17-35-115-92-85(91(98)103-59-104-92)86(108-115)70-26-30-79-74(52-70)106-95(99)133-79/h11-13,18-22,26,30,48,51-52,55-60,62-64,66-67,73,75-76,80-82,88-89,121,125H,14-17,23-25,27-29,31-47,49-50,53-54H2,1-10H3,(H2,99,106)(H,100,118)(H2,98,103,104)/b13-11+,19-12+,61-20+,65-48+/t60-,62-,63-,64-,66-,67+,73+,75+,76+,80+,81+,82-,88-,89+,97-/m1/s1. The predicted molar refractivity (Wildman–Crippen MR) is 498 cm³/mol. The molecule has 4 aliphatic heterocycles. The van der Waals surface area contributed by atoms with Crippen LogP contribution in [-0.2, 0) is 91.0 Å². The lowest BCUT2D eigenvalue weighted by Gasteiger charge is -2.42. The number of fused-ring (bicyclic) bond motifs is 5. The van der Waals surface area contributed by atoms with Gasteiger partial charge in [-0.2, -0.15) is 10.1 Å². The van der Waals surface area contributed by atoms with Gasteiger partial charge in [0, 0.05) is 152 Å². The van der Waals surface area contributed by atoms with Gasteiger partial charge in [-0.15, -0.1) is 10.2 Å². The maximum Gasteiger partial charge on any atom is 0.329 e. The average molecular weight is 1850 g/mol. The summed E-state index contributed by atoms with van der Waals surface area (Å²) in [5.41, 5.74) is 20.5. The van der Waals surface area contributed by atoms with E-state index in [9.17, 15) is 43.8 Å². The lowest BCUT2D eigenvalue weighted by molar-refractivity contribution is -0.265. The molecule has 0 radical (unpaired) electrons. The number of aliphatic hydroxyl groups excluding tert-OH is 1. The van der Waals surface area contributed by atoms with Gasteiger partial charge in [-0.1, -0.05) is 99.7 Å². The SMILES string of the molecule is CO[C@H]1C[C@@H]2CC[C@@H](C)[C@@](O)(O2)C(=O)C(=O)N2CCCC[C@H]2C(=O)O[C@H]([C@H](C)C[C@@H]2CC[C@H](n3nncc3-c3cccc(-c4cnc(N5CCN(C(=O)CCc6cn(CCOCCOCCOCCC(=O)NCCCCn7nc(-c8ccc9oc(N)nc9c8)c8c(N)ncnc87)nn6)CC5)nc4)c3)[C@H](OC)C2)CC(=O)[C@H](C)/C=C(\C)[C@@H](O)[C@@H](OC)C(=O)[C@H](C)C[C@H](C)/C=C/C=C/C=C/1C. The van der Waals surface area contributed by atoms with Gasteiger partial charge in [0.2, 0.25) is 23.5 Å². The number of amides is 3. The minimum atomic E-state index is -2.48. The van der Waals surface area contributed by atoms with Crippen LogP contribution in [0.15, 0.2) is 126 Å². The number of hydrogen-bond donors (Lipinski definition) is 5. The minimum Gasteiger partial charge on any atom is -0.460 e. The first-order chi connectivity index (χ1) is 64.7. The van der Waals surface area contributed by atoms with Crippen molar-refractivity contribution in [1.82, 2.24) is 79.8 Å². The van der Waals surface area contributed by atoms with Crippen LogP contribution >= 0.6 is 0 Å². The van der Waals surface area contributed by atoms with E-state index >= 15 is 0 Å². The highest BCUT2D eigenvalue weighted by atomic mass is 16.6. The number of nitrogens with one attached hydrogen (secondary N) is 1. The number of piperidine rings is 1. The molecule has 3 amide bonds. The average Bonchev–Trinajstić information content (AvgIpc) is 1.41. The Labute approximate surface area is 780 Å². The summed E-state index contributed by atoms with van der Waals surface area (Å²) in [5, 5.41) is 50.0. The number of oxazole rings is 1. The number of carbonyl (C=O) groups excluding carboxylic acids is 7. The van der Waals surface area contributed by atoms with Crippen molar-refractivity contribution >= 4 is 81.0 Å². The topological polar surface area (TPSA) is 464 Å². The van der Waals surface area contributed by atoms with Crippen molar-refractivity contribution in [2.24, 2.45) is 35.5 Å². The number of carbonyl (C=O) groups is 7. The second-order valence-corrected chi connectivity index (χ2v) is 36.3. The molecule has 2 aromatic carbocycles. The van der Waals surface area contributed by atoms with Gasteiger partial charge >= 0.3 is 5.97 Å². The van der Waals surface area contributed by atoms with Crippen LogP contribution in [0.25, 0.3) is 55.8 Å². The molecule has 7 N–H and O–H groups in total. The smallest absolute Gasteiger partial charge is 0.329 e. The zero-order valence-electron chi connectivity index (χ0n) is 78.6. The second-order valence-electron chi connectivity index (χ2n) is 36.3. The van der Waals surface area contributed by atoms with Crippen molar-refractivity contribution in [3.05, 3.63) is 127 Å². The summed E-state index contributed by atoms with van der Waals surface area (Å²) in [4.78, 5) is 127. The number of esters is 1. The van der Waals surface area contributed by atoms with Crippen LogP contribution in [0.1, 0.15) is 163 Å². The van der Waals surface area contributed by atoms with Crippen LogP contribution < -0.4 is 21.7 Å². The fourth-order valence-electron chi connectivity index (χ4n) is 18.7. The molecule has 1 saturated carbocycles. The number of cyclic esters (lactones) is 1. The summed E-state index contributed by atoms with van der Waals surface area (Å²) in [6, 6.07) is 12.2. The summed E-state index contributed by atoms with van der Waals surface area (Å²) >= 11 is 0. The number of hydrogen-bond acceptors (Lipinski definition) is 31. The van der Waals surface area contributed by atoms with Gasteiger partial charge in [0.15, 0.2) is 17.0 Å². The third-order valence-electron chi connectivity index (χ3n) is 26.6. The Hall–Kier alpha value is -11.3. The fourth-order valence-corrected chi connectivity index (χ4v) is 18.7. The Morgan fingerprint density at radius 1 is 0.746 bits per heavy atom. The predicted octanol–water partition coefficient (Wildman–Crippen LogP) is 9.80. The first-order valence-electron chi connectivity index (χ1n) is 47.1. The summed E-state index contributed by atoms with van der Waals surface area (Å²) in [5.74, 6) is -7.71. The number of allylic oxidation sites excluding steroid dienone is 6. The van der Waals surface area contributed by atoms with Gasteiger partial charge in [-0.25, -0.2) is 38.8 Å². The van der Waals surface area contributed by atoms with Crippen molar-refractivity contribution in [3.8, 4) is 33.6 Å². The van der Waals surface area contributed by atoms with Gasteiger partial charge in [-0.3, -0.25) is 28.8 Å². The molecule has 13 rings (SSSR count). The van der Waals surface area contributed by atoms with E-state index in [0.29, 0.717) is 187 Å². The molecule has 37 heteroatoms. The molecule has 5 aliphatic rings. The van der Waals surface area contributed by atoms with E-state index in [2.05, 4.69) is 51.9 Å². The van der Waals surface area contributed by atoms with Crippen LogP contribution in [0.3, 0.4) is 0 Å². The van der Waals surface area contributed by atoms with Crippen molar-refractivity contribution in [2.45, 2.75) is 225 Å². The maximum absolute atomic E-state index is 15.0. The Morgan fingerprint density at radius 2 is 1.51 bits per heavy atom. The van der Waals surface area contributed by atoms with Crippen molar-refractivity contribution in [1.29, 1.82) is 0 Å². The number of nitrogen functional groups attached to an aromatic ring is 2. The number of rotatable bonds is 31. The number of nitrogens with two attached hydrogens (primary N) is 2. The van der Waals surface area contributed by atoms with Crippen LogP contribution in [0.5, 0.6) is 0 Å². The van der Waals surface area contributed by atoms with Crippen molar-refractivity contribution in [3.63, 3.8) is 0 Å². The van der Waals surface area contributed by atoms with E-state index in [-0.39, 0.29) is 98.6 Å². The van der Waals surface area contributed by atoms with E-state index in [0.717, 1.165) is 52.8 Å². The molecule has 6 aromatic heterocycles. The van der Waals surface area contributed by atoms with E-state index in [1.54, 1.807) is 75.1 Å². The van der Waals surface area contributed by atoms with Crippen LogP contribution in [0.4, 0.5) is 17.8 Å². The van der Waals surface area contributed by atoms with Gasteiger partial charge in [0.05, 0.1) is 93.5 Å². The van der Waals surface area contributed by atoms with Gasteiger partial charge in [0.25, 0.3) is 17.7 Å². The number of Topliss-reactive ketones (excluding diaryl/α,β-unsaturated/α-hetero) is 3. The molecule has 3 saturated heterocycles. The fraction of sp³-hybridized carbons (Fsp3) is 0.577. The Balaban J connectivity index is 0.539. The number of aromatic nitrogens is 13. The van der Waals surface area contributed by atoms with Gasteiger partial charge in [0.1, 0.15) is 53.5 Å². The highest BCUT2D eigenvalue weighted by Crippen LogP contribution is 2.43. The van der Waals surface area contributed by atoms with Crippen molar-refractivity contribution in [2.75, 3.05) is 117 Å². The quantitative estimate of drug-likeness (QED) is 0.0117. The summed E-state index contributed by atoms with van der Waals surface area (Å²) < 4.78 is 58.6. The molecule has 2 bridgehead atoms.